The first-order valence-corrected chi connectivity index (χ1v) is 9.27. The summed E-state index contributed by atoms with van der Waals surface area (Å²) < 4.78 is 0. The normalized spacial score (nSPS) is 12.6. The molecule has 0 fully saturated rings. The van der Waals surface area contributed by atoms with Crippen molar-refractivity contribution in [1.29, 1.82) is 0 Å². The number of amides is 2. The highest BCUT2D eigenvalue weighted by molar-refractivity contribution is 7.14. The standard InChI is InChI=1S/C20H17N3O2S/c21-18(24)15-5-2-6-16(10-15)19(25)23-20-22-17(11-26-20)14-8-7-12-3-1-4-13(12)9-14/h2,5-11H,1,3-4H2,(H2,21,24)(H,22,23,25). The molecule has 1 aliphatic rings. The number of nitrogens with zero attached hydrogens (tertiary/aromatic N) is 1. The maximum Gasteiger partial charge on any atom is 0.257 e. The molecule has 0 atom stereocenters. The molecule has 0 radical (unpaired) electrons. The van der Waals surface area contributed by atoms with Crippen LogP contribution in [-0.2, 0) is 12.8 Å². The van der Waals surface area contributed by atoms with Gasteiger partial charge in [-0.3, -0.25) is 14.9 Å². The van der Waals surface area contributed by atoms with E-state index in [0.717, 1.165) is 24.1 Å². The predicted molar refractivity (Wildman–Crippen MR) is 102 cm³/mol. The lowest BCUT2D eigenvalue weighted by Crippen LogP contribution is -2.15. The van der Waals surface area contributed by atoms with E-state index in [1.165, 1.54) is 35.0 Å². The van der Waals surface area contributed by atoms with E-state index >= 15 is 0 Å². The van der Waals surface area contributed by atoms with Crippen molar-refractivity contribution in [2.24, 2.45) is 5.73 Å². The fourth-order valence-corrected chi connectivity index (χ4v) is 3.89. The molecule has 3 N–H and O–H groups in total. The summed E-state index contributed by atoms with van der Waals surface area (Å²) in [5, 5.41) is 5.24. The van der Waals surface area contributed by atoms with E-state index in [-0.39, 0.29) is 5.91 Å². The van der Waals surface area contributed by atoms with Crippen LogP contribution in [-0.4, -0.2) is 16.8 Å². The fraction of sp³-hybridized carbons (Fsp3) is 0.150. The highest BCUT2D eigenvalue weighted by Gasteiger charge is 2.14. The highest BCUT2D eigenvalue weighted by atomic mass is 32.1. The van der Waals surface area contributed by atoms with Crippen molar-refractivity contribution in [1.82, 2.24) is 4.98 Å². The molecule has 2 aromatic carbocycles. The van der Waals surface area contributed by atoms with Crippen molar-refractivity contribution >= 4 is 28.3 Å². The Morgan fingerprint density at radius 3 is 2.69 bits per heavy atom. The van der Waals surface area contributed by atoms with E-state index in [4.69, 9.17) is 5.73 Å². The quantitative estimate of drug-likeness (QED) is 0.742. The first-order chi connectivity index (χ1) is 12.6. The molecule has 0 saturated carbocycles. The molecule has 1 heterocycles. The number of carbonyl (C=O) groups excluding carboxylic acids is 2. The molecule has 4 rings (SSSR count). The Bertz CT molecular complexity index is 1010. The Morgan fingerprint density at radius 1 is 1.04 bits per heavy atom. The summed E-state index contributed by atoms with van der Waals surface area (Å²) in [6.07, 6.45) is 3.48. The Morgan fingerprint density at radius 2 is 1.85 bits per heavy atom. The van der Waals surface area contributed by atoms with Gasteiger partial charge in [-0.2, -0.15) is 0 Å². The number of anilines is 1. The maximum absolute atomic E-state index is 12.4. The molecule has 0 spiro atoms. The van der Waals surface area contributed by atoms with Crippen LogP contribution in [0.4, 0.5) is 5.13 Å². The van der Waals surface area contributed by atoms with Gasteiger partial charge < -0.3 is 5.73 Å². The Hall–Kier alpha value is -2.99. The number of rotatable bonds is 4. The van der Waals surface area contributed by atoms with Crippen LogP contribution in [0.1, 0.15) is 38.3 Å². The summed E-state index contributed by atoms with van der Waals surface area (Å²) in [5.41, 5.74) is 10.7. The Balaban J connectivity index is 1.52. The minimum absolute atomic E-state index is 0.301. The molecule has 130 valence electrons. The molecule has 5 nitrogen and oxygen atoms in total. The van der Waals surface area contributed by atoms with Crippen LogP contribution in [0.3, 0.4) is 0 Å². The summed E-state index contributed by atoms with van der Waals surface area (Å²) in [6, 6.07) is 12.8. The SMILES string of the molecule is NC(=O)c1cccc(C(=O)Nc2nc(-c3ccc4c(c3)CCC4)cs2)c1. The number of fused-ring (bicyclic) bond motifs is 1. The van der Waals surface area contributed by atoms with Gasteiger partial charge in [0, 0.05) is 22.1 Å². The maximum atomic E-state index is 12.4. The molecule has 3 aromatic rings. The third-order valence-electron chi connectivity index (χ3n) is 4.53. The summed E-state index contributed by atoms with van der Waals surface area (Å²) >= 11 is 1.38. The first-order valence-electron chi connectivity index (χ1n) is 8.39. The van der Waals surface area contributed by atoms with Crippen molar-refractivity contribution in [3.63, 3.8) is 0 Å². The van der Waals surface area contributed by atoms with Crippen LogP contribution < -0.4 is 11.1 Å². The summed E-state index contributed by atoms with van der Waals surface area (Å²) in [6.45, 7) is 0. The van der Waals surface area contributed by atoms with Crippen LogP contribution in [0.25, 0.3) is 11.3 Å². The van der Waals surface area contributed by atoms with Crippen LogP contribution >= 0.6 is 11.3 Å². The summed E-state index contributed by atoms with van der Waals surface area (Å²) in [7, 11) is 0. The fourth-order valence-electron chi connectivity index (χ4n) is 3.18. The van der Waals surface area contributed by atoms with Crippen molar-refractivity contribution in [3.05, 3.63) is 70.1 Å². The average Bonchev–Trinajstić information content (AvgIpc) is 3.30. The second-order valence-corrected chi connectivity index (χ2v) is 7.13. The van der Waals surface area contributed by atoms with Gasteiger partial charge in [-0.1, -0.05) is 18.2 Å². The number of hydrogen-bond acceptors (Lipinski definition) is 4. The second-order valence-electron chi connectivity index (χ2n) is 6.27. The van der Waals surface area contributed by atoms with Gasteiger partial charge in [0.1, 0.15) is 0 Å². The lowest BCUT2D eigenvalue weighted by molar-refractivity contribution is 0.1000. The van der Waals surface area contributed by atoms with E-state index in [2.05, 4.69) is 28.5 Å². The van der Waals surface area contributed by atoms with Gasteiger partial charge in [-0.15, -0.1) is 11.3 Å². The van der Waals surface area contributed by atoms with E-state index in [0.29, 0.717) is 16.3 Å². The van der Waals surface area contributed by atoms with Crippen LogP contribution in [0.5, 0.6) is 0 Å². The van der Waals surface area contributed by atoms with Crippen molar-refractivity contribution in [2.75, 3.05) is 5.32 Å². The number of primary amides is 1. The first kappa shape index (κ1) is 16.5. The molecular weight excluding hydrogens is 346 g/mol. The number of benzene rings is 2. The molecule has 0 bridgehead atoms. The van der Waals surface area contributed by atoms with Crippen LogP contribution in [0.15, 0.2) is 47.8 Å². The lowest BCUT2D eigenvalue weighted by Gasteiger charge is -2.04. The van der Waals surface area contributed by atoms with Gasteiger partial charge in [-0.25, -0.2) is 4.98 Å². The van der Waals surface area contributed by atoms with Gasteiger partial charge in [0.05, 0.1) is 5.69 Å². The number of nitrogens with two attached hydrogens (primary N) is 1. The zero-order chi connectivity index (χ0) is 18.1. The van der Waals surface area contributed by atoms with E-state index in [9.17, 15) is 9.59 Å². The molecule has 0 unspecified atom stereocenters. The third kappa shape index (κ3) is 3.23. The zero-order valence-corrected chi connectivity index (χ0v) is 14.8. The predicted octanol–water partition coefficient (Wildman–Crippen LogP) is 3.65. The zero-order valence-electron chi connectivity index (χ0n) is 14.0. The van der Waals surface area contributed by atoms with Crippen LogP contribution in [0.2, 0.25) is 0 Å². The average molecular weight is 363 g/mol. The second kappa shape index (κ2) is 6.72. The minimum atomic E-state index is -0.562. The minimum Gasteiger partial charge on any atom is -0.366 e. The largest absolute Gasteiger partial charge is 0.366 e. The molecular formula is C20H17N3O2S. The number of carbonyl (C=O) groups is 2. The Labute approximate surface area is 154 Å². The van der Waals surface area contributed by atoms with E-state index in [1.54, 1.807) is 18.2 Å². The molecule has 6 heteroatoms. The van der Waals surface area contributed by atoms with Gasteiger partial charge in [0.2, 0.25) is 5.91 Å². The number of aromatic nitrogens is 1. The number of hydrogen-bond donors (Lipinski definition) is 2. The summed E-state index contributed by atoms with van der Waals surface area (Å²) in [5.74, 6) is -0.879. The van der Waals surface area contributed by atoms with Gasteiger partial charge in [0.15, 0.2) is 5.13 Å². The molecule has 0 saturated heterocycles. The third-order valence-corrected chi connectivity index (χ3v) is 5.29. The van der Waals surface area contributed by atoms with Crippen molar-refractivity contribution in [2.45, 2.75) is 19.3 Å². The highest BCUT2D eigenvalue weighted by Crippen LogP contribution is 2.30. The molecule has 26 heavy (non-hydrogen) atoms. The van der Waals surface area contributed by atoms with Crippen molar-refractivity contribution in [3.8, 4) is 11.3 Å². The van der Waals surface area contributed by atoms with E-state index in [1.807, 2.05) is 5.38 Å². The van der Waals surface area contributed by atoms with Gasteiger partial charge in [-0.05, 0) is 54.7 Å². The van der Waals surface area contributed by atoms with E-state index < -0.39 is 5.91 Å². The smallest absolute Gasteiger partial charge is 0.257 e. The number of aryl methyl sites for hydroxylation is 2. The number of thiazole rings is 1. The monoisotopic (exact) mass is 363 g/mol. The topological polar surface area (TPSA) is 85.1 Å². The van der Waals surface area contributed by atoms with Gasteiger partial charge >= 0.3 is 0 Å². The molecule has 1 aromatic heterocycles. The molecule has 0 aliphatic heterocycles. The Kier molecular flexibility index (Phi) is 4.26. The lowest BCUT2D eigenvalue weighted by atomic mass is 10.1. The van der Waals surface area contributed by atoms with Gasteiger partial charge in [0.25, 0.3) is 5.91 Å². The van der Waals surface area contributed by atoms with Crippen molar-refractivity contribution < 1.29 is 9.59 Å². The molecule has 1 aliphatic carbocycles. The van der Waals surface area contributed by atoms with Crippen LogP contribution in [0, 0.1) is 0 Å². The number of nitrogens with one attached hydrogen (secondary N) is 1. The summed E-state index contributed by atoms with van der Waals surface area (Å²) in [4.78, 5) is 28.2. The molecule has 2 amide bonds.